The van der Waals surface area contributed by atoms with Crippen molar-refractivity contribution < 1.29 is 0 Å². The predicted octanol–water partition coefficient (Wildman–Crippen LogP) is 2.28. The number of aryl methyl sites for hydroxylation is 2. The normalized spacial score (nSPS) is 16.1. The summed E-state index contributed by atoms with van der Waals surface area (Å²) in [5.74, 6) is 0.573. The Balaban J connectivity index is 1.65. The van der Waals surface area contributed by atoms with Crippen molar-refractivity contribution in [1.29, 1.82) is 0 Å². The average molecular weight is 284 g/mol. The topological polar surface area (TPSA) is 42.7 Å². The Bertz CT molecular complexity index is 586. The molecule has 1 saturated carbocycles. The van der Waals surface area contributed by atoms with Crippen LogP contribution in [0, 0.1) is 12.8 Å². The summed E-state index contributed by atoms with van der Waals surface area (Å²) in [6.07, 6.45) is 6.78. The molecule has 1 unspecified atom stereocenters. The van der Waals surface area contributed by atoms with E-state index in [9.17, 15) is 0 Å². The van der Waals surface area contributed by atoms with Crippen LogP contribution in [0.2, 0.25) is 0 Å². The van der Waals surface area contributed by atoms with Crippen molar-refractivity contribution in [2.45, 2.75) is 38.6 Å². The Kier molecular flexibility index (Phi) is 4.34. The van der Waals surface area contributed by atoms with E-state index in [-0.39, 0.29) is 0 Å². The first kappa shape index (κ1) is 14.3. The van der Waals surface area contributed by atoms with Gasteiger partial charge in [0.2, 0.25) is 0 Å². The Morgan fingerprint density at radius 3 is 2.86 bits per heavy atom. The molecule has 3 rings (SSSR count). The molecule has 0 spiro atoms. The summed E-state index contributed by atoms with van der Waals surface area (Å²) in [7, 11) is 1.93. The molecule has 1 aliphatic carbocycles. The van der Waals surface area contributed by atoms with Crippen LogP contribution in [0.4, 0.5) is 0 Å². The molecule has 1 aromatic heterocycles. The van der Waals surface area contributed by atoms with E-state index >= 15 is 0 Å². The molecule has 0 bridgehead atoms. The highest BCUT2D eigenvalue weighted by Gasteiger charge is 2.22. The minimum Gasteiger partial charge on any atom is -0.314 e. The smallest absolute Gasteiger partial charge is 0.0830 e. The second kappa shape index (κ2) is 6.39. The molecule has 1 fully saturated rings. The first-order valence-electron chi connectivity index (χ1n) is 7.83. The number of nitrogens with zero attached hydrogens (tertiary/aromatic N) is 3. The Morgan fingerprint density at radius 2 is 2.19 bits per heavy atom. The quantitative estimate of drug-likeness (QED) is 0.848. The number of nitrogens with one attached hydrogen (secondary N) is 1. The van der Waals surface area contributed by atoms with Crippen LogP contribution >= 0.6 is 0 Å². The van der Waals surface area contributed by atoms with Crippen LogP contribution in [-0.4, -0.2) is 27.6 Å². The number of aromatic nitrogens is 3. The van der Waals surface area contributed by atoms with Gasteiger partial charge in [-0.2, -0.15) is 0 Å². The fraction of sp³-hybridized carbons (Fsp3) is 0.529. The minimum atomic E-state index is 0.573. The first-order chi connectivity index (χ1) is 10.2. The minimum absolute atomic E-state index is 0.573. The van der Waals surface area contributed by atoms with Gasteiger partial charge in [-0.3, -0.25) is 4.68 Å². The van der Waals surface area contributed by atoms with Gasteiger partial charge in [0.1, 0.15) is 0 Å². The lowest BCUT2D eigenvalue weighted by atomic mass is 9.94. The lowest BCUT2D eigenvalue weighted by Gasteiger charge is -2.17. The van der Waals surface area contributed by atoms with Crippen molar-refractivity contribution in [3.8, 4) is 0 Å². The highest BCUT2D eigenvalue weighted by molar-refractivity contribution is 5.22. The summed E-state index contributed by atoms with van der Waals surface area (Å²) in [6, 6.07) is 9.59. The van der Waals surface area contributed by atoms with Crippen LogP contribution in [0.15, 0.2) is 30.5 Å². The van der Waals surface area contributed by atoms with Gasteiger partial charge in [-0.15, -0.1) is 5.10 Å². The molecule has 1 N–H and O–H groups in total. The summed E-state index contributed by atoms with van der Waals surface area (Å²) >= 11 is 0. The van der Waals surface area contributed by atoms with Gasteiger partial charge in [-0.25, -0.2) is 0 Å². The lowest BCUT2D eigenvalue weighted by molar-refractivity contribution is 0.464. The lowest BCUT2D eigenvalue weighted by Crippen LogP contribution is -2.27. The van der Waals surface area contributed by atoms with Gasteiger partial charge in [0, 0.05) is 19.3 Å². The van der Waals surface area contributed by atoms with E-state index in [2.05, 4.69) is 46.8 Å². The van der Waals surface area contributed by atoms with E-state index in [1.165, 1.54) is 24.0 Å². The monoisotopic (exact) mass is 284 g/mol. The van der Waals surface area contributed by atoms with Gasteiger partial charge >= 0.3 is 0 Å². The Morgan fingerprint density at radius 1 is 1.33 bits per heavy atom. The molecule has 1 aromatic carbocycles. The van der Waals surface area contributed by atoms with Crippen molar-refractivity contribution in [3.63, 3.8) is 0 Å². The number of hydrogen-bond donors (Lipinski definition) is 1. The van der Waals surface area contributed by atoms with Gasteiger partial charge in [0.25, 0.3) is 0 Å². The zero-order valence-electron chi connectivity index (χ0n) is 12.9. The molecule has 2 aromatic rings. The maximum absolute atomic E-state index is 4.24. The van der Waals surface area contributed by atoms with Gasteiger partial charge in [0.15, 0.2) is 0 Å². The van der Waals surface area contributed by atoms with Crippen molar-refractivity contribution >= 4 is 0 Å². The second-order valence-corrected chi connectivity index (χ2v) is 6.33. The molecule has 1 aliphatic rings. The maximum Gasteiger partial charge on any atom is 0.0830 e. The van der Waals surface area contributed by atoms with E-state index in [1.54, 1.807) is 4.68 Å². The largest absolute Gasteiger partial charge is 0.314 e. The van der Waals surface area contributed by atoms with E-state index < -0.39 is 0 Å². The average Bonchev–Trinajstić information content (AvgIpc) is 3.19. The summed E-state index contributed by atoms with van der Waals surface area (Å²) in [4.78, 5) is 0. The van der Waals surface area contributed by atoms with Crippen LogP contribution < -0.4 is 5.32 Å². The van der Waals surface area contributed by atoms with Crippen molar-refractivity contribution in [1.82, 2.24) is 20.3 Å². The van der Waals surface area contributed by atoms with E-state index in [0.29, 0.717) is 5.92 Å². The highest BCUT2D eigenvalue weighted by Crippen LogP contribution is 2.20. The molecule has 0 aliphatic heterocycles. The van der Waals surface area contributed by atoms with E-state index in [4.69, 9.17) is 0 Å². The Labute approximate surface area is 126 Å². The molecule has 0 radical (unpaired) electrons. The molecule has 21 heavy (non-hydrogen) atoms. The van der Waals surface area contributed by atoms with Gasteiger partial charge in [0.05, 0.1) is 5.69 Å². The molecular formula is C17H24N4. The molecule has 4 nitrogen and oxygen atoms in total. The molecule has 0 amide bonds. The van der Waals surface area contributed by atoms with Crippen LogP contribution in [0.1, 0.15) is 29.7 Å². The SMILES string of the molecule is Cc1cccc(CC(CNC2CC2)Cc2cn(C)nn2)c1. The molecule has 1 atom stereocenters. The van der Waals surface area contributed by atoms with Gasteiger partial charge < -0.3 is 5.32 Å². The number of benzene rings is 1. The van der Waals surface area contributed by atoms with E-state index in [0.717, 1.165) is 31.1 Å². The van der Waals surface area contributed by atoms with Crippen LogP contribution in [0.3, 0.4) is 0 Å². The summed E-state index contributed by atoms with van der Waals surface area (Å²) < 4.78 is 1.79. The molecular weight excluding hydrogens is 260 g/mol. The van der Waals surface area contributed by atoms with Gasteiger partial charge in [-0.1, -0.05) is 35.0 Å². The second-order valence-electron chi connectivity index (χ2n) is 6.33. The van der Waals surface area contributed by atoms with Crippen LogP contribution in [0.5, 0.6) is 0 Å². The molecule has 0 saturated heterocycles. The van der Waals surface area contributed by atoms with Crippen molar-refractivity contribution in [3.05, 3.63) is 47.3 Å². The third kappa shape index (κ3) is 4.39. The molecule has 112 valence electrons. The summed E-state index contributed by atoms with van der Waals surface area (Å²) in [5.41, 5.74) is 3.84. The third-order valence-corrected chi connectivity index (χ3v) is 4.03. The fourth-order valence-corrected chi connectivity index (χ4v) is 2.79. The van der Waals surface area contributed by atoms with E-state index in [1.807, 2.05) is 13.2 Å². The molecule has 4 heteroatoms. The van der Waals surface area contributed by atoms with Crippen LogP contribution in [-0.2, 0) is 19.9 Å². The zero-order chi connectivity index (χ0) is 14.7. The summed E-state index contributed by atoms with van der Waals surface area (Å²) in [5, 5.41) is 12.0. The number of rotatable bonds is 7. The standard InChI is InChI=1S/C17H24N4/c1-13-4-3-5-14(8-13)9-15(11-18-16-6-7-16)10-17-12-21(2)20-19-17/h3-5,8,12,15-16,18H,6-7,9-11H2,1-2H3. The summed E-state index contributed by atoms with van der Waals surface area (Å²) in [6.45, 7) is 3.22. The number of hydrogen-bond acceptors (Lipinski definition) is 3. The third-order valence-electron chi connectivity index (χ3n) is 4.03. The molecule has 1 heterocycles. The first-order valence-corrected chi connectivity index (χ1v) is 7.83. The van der Waals surface area contributed by atoms with Crippen molar-refractivity contribution in [2.24, 2.45) is 13.0 Å². The van der Waals surface area contributed by atoms with Gasteiger partial charge in [-0.05, 0) is 50.6 Å². The highest BCUT2D eigenvalue weighted by atomic mass is 15.4. The zero-order valence-corrected chi connectivity index (χ0v) is 12.9. The predicted molar refractivity (Wildman–Crippen MR) is 84.1 cm³/mol. The van der Waals surface area contributed by atoms with Crippen molar-refractivity contribution in [2.75, 3.05) is 6.54 Å². The fourth-order valence-electron chi connectivity index (χ4n) is 2.79. The maximum atomic E-state index is 4.24. The Hall–Kier alpha value is -1.68. The van der Waals surface area contributed by atoms with Crippen LogP contribution in [0.25, 0.3) is 0 Å².